The molecule has 10 heteroatoms. The molecule has 1 atom stereocenters. The molecule has 31 heavy (non-hydrogen) atoms. The second-order valence-electron chi connectivity index (χ2n) is 7.46. The van der Waals surface area contributed by atoms with E-state index in [1.807, 2.05) is 11.8 Å². The van der Waals surface area contributed by atoms with Gasteiger partial charge in [-0.15, -0.1) is 0 Å². The molecule has 1 fully saturated rings. The van der Waals surface area contributed by atoms with Gasteiger partial charge in [-0.25, -0.2) is 4.39 Å². The molecule has 0 saturated carbocycles. The number of hydrogen-bond donors (Lipinski definition) is 2. The van der Waals surface area contributed by atoms with Crippen LogP contribution < -0.4 is 16.0 Å². The molecule has 3 N–H and O–H groups in total. The quantitative estimate of drug-likeness (QED) is 0.493. The maximum Gasteiger partial charge on any atom is 0.246 e. The molecule has 1 aromatic carbocycles. The van der Waals surface area contributed by atoms with Crippen molar-refractivity contribution in [2.45, 2.75) is 13.3 Å². The zero-order valence-corrected chi connectivity index (χ0v) is 17.8. The van der Waals surface area contributed by atoms with Crippen molar-refractivity contribution in [3.05, 3.63) is 48.0 Å². The lowest BCUT2D eigenvalue weighted by atomic mass is 9.99. The molecular formula is C21H28FN7O2. The third kappa shape index (κ3) is 5.80. The number of nitrogens with one attached hydrogen (secondary N) is 1. The summed E-state index contributed by atoms with van der Waals surface area (Å²) < 4.78 is 14.8. The molecule has 1 saturated heterocycles. The molecule has 9 nitrogen and oxygen atoms in total. The third-order valence-electron chi connectivity index (χ3n) is 5.12. The fourth-order valence-electron chi connectivity index (χ4n) is 3.46. The van der Waals surface area contributed by atoms with E-state index in [2.05, 4.69) is 15.4 Å². The van der Waals surface area contributed by atoms with E-state index in [-0.39, 0.29) is 24.8 Å². The van der Waals surface area contributed by atoms with Crippen LogP contribution in [0.4, 0.5) is 10.1 Å². The van der Waals surface area contributed by atoms with E-state index in [0.29, 0.717) is 32.0 Å². The van der Waals surface area contributed by atoms with Crippen LogP contribution in [0.15, 0.2) is 41.7 Å². The number of piperazine rings is 1. The number of anilines is 1. The van der Waals surface area contributed by atoms with Crippen molar-refractivity contribution in [2.75, 3.05) is 37.6 Å². The van der Waals surface area contributed by atoms with Gasteiger partial charge < -0.3 is 20.9 Å². The lowest BCUT2D eigenvalue weighted by molar-refractivity contribution is -0.122. The lowest BCUT2D eigenvalue weighted by Crippen LogP contribution is -2.55. The Morgan fingerprint density at radius 2 is 2.06 bits per heavy atom. The van der Waals surface area contributed by atoms with E-state index in [1.165, 1.54) is 12.1 Å². The first-order chi connectivity index (χ1) is 14.9. The van der Waals surface area contributed by atoms with Crippen molar-refractivity contribution in [2.24, 2.45) is 23.7 Å². The van der Waals surface area contributed by atoms with Crippen molar-refractivity contribution in [3.63, 3.8) is 0 Å². The zero-order valence-electron chi connectivity index (χ0n) is 17.8. The van der Waals surface area contributed by atoms with Crippen LogP contribution in [0.5, 0.6) is 0 Å². The number of amides is 2. The first kappa shape index (κ1) is 22.3. The van der Waals surface area contributed by atoms with E-state index in [9.17, 15) is 14.0 Å². The summed E-state index contributed by atoms with van der Waals surface area (Å²) in [5.41, 5.74) is 7.15. The first-order valence-electron chi connectivity index (χ1n) is 10.2. The summed E-state index contributed by atoms with van der Waals surface area (Å²) in [5, 5.41) is 7.31. The van der Waals surface area contributed by atoms with Crippen molar-refractivity contribution >= 4 is 23.5 Å². The van der Waals surface area contributed by atoms with Gasteiger partial charge in [0.25, 0.3) is 0 Å². The number of aromatic nitrogens is 2. The highest BCUT2D eigenvalue weighted by molar-refractivity contribution is 5.98. The van der Waals surface area contributed by atoms with Crippen LogP contribution in [0.3, 0.4) is 0 Å². The second kappa shape index (κ2) is 10.1. The van der Waals surface area contributed by atoms with Crippen molar-refractivity contribution in [1.82, 2.24) is 20.0 Å². The van der Waals surface area contributed by atoms with Gasteiger partial charge in [0.1, 0.15) is 12.4 Å². The van der Waals surface area contributed by atoms with Crippen LogP contribution in [0.2, 0.25) is 0 Å². The van der Waals surface area contributed by atoms with E-state index >= 15 is 0 Å². The highest BCUT2D eigenvalue weighted by Gasteiger charge is 2.28. The highest BCUT2D eigenvalue weighted by Crippen LogP contribution is 2.16. The molecule has 1 unspecified atom stereocenters. The maximum absolute atomic E-state index is 13.1. The topological polar surface area (TPSA) is 109 Å². The van der Waals surface area contributed by atoms with Crippen molar-refractivity contribution in [1.29, 1.82) is 0 Å². The zero-order chi connectivity index (χ0) is 22.4. The predicted octanol–water partition coefficient (Wildman–Crippen LogP) is 0.518. The van der Waals surface area contributed by atoms with Gasteiger partial charge in [0.2, 0.25) is 11.8 Å². The van der Waals surface area contributed by atoms with E-state index in [0.717, 1.165) is 11.3 Å². The molecule has 1 aliphatic heterocycles. The van der Waals surface area contributed by atoms with Crippen LogP contribution >= 0.6 is 0 Å². The van der Waals surface area contributed by atoms with Gasteiger partial charge in [-0.2, -0.15) is 5.10 Å². The predicted molar refractivity (Wildman–Crippen MR) is 116 cm³/mol. The van der Waals surface area contributed by atoms with Crippen molar-refractivity contribution in [3.8, 4) is 0 Å². The monoisotopic (exact) mass is 429 g/mol. The standard InChI is InChI=1S/C21H28FN7O2/c1-3-24-21(25-11-16(20(23)31)10-15-4-6-17(22)7-5-15)28-8-9-29(19(30)14-28)18-12-26-27(2)13-18/h4-7,12-13,16H,3,8-11,14H2,1-2H3,(H2,23,31)(H,24,25). The van der Waals surface area contributed by atoms with Crippen LogP contribution in [0.25, 0.3) is 0 Å². The molecule has 3 rings (SSSR count). The second-order valence-corrected chi connectivity index (χ2v) is 7.46. The number of nitrogens with two attached hydrogens (primary N) is 1. The maximum atomic E-state index is 13.1. The number of benzene rings is 1. The third-order valence-corrected chi connectivity index (χ3v) is 5.12. The van der Waals surface area contributed by atoms with Gasteiger partial charge in [0, 0.05) is 32.9 Å². The largest absolute Gasteiger partial charge is 0.369 e. The van der Waals surface area contributed by atoms with Gasteiger partial charge >= 0.3 is 0 Å². The summed E-state index contributed by atoms with van der Waals surface area (Å²) in [6, 6.07) is 5.98. The Morgan fingerprint density at radius 1 is 1.32 bits per heavy atom. The SMILES string of the molecule is CCNC(=NCC(Cc1ccc(F)cc1)C(N)=O)N1CCN(c2cnn(C)c2)C(=O)C1. The van der Waals surface area contributed by atoms with Gasteiger partial charge in [0.15, 0.2) is 5.96 Å². The Balaban J connectivity index is 1.67. The summed E-state index contributed by atoms with van der Waals surface area (Å²) in [6.45, 7) is 3.99. The van der Waals surface area contributed by atoms with Crippen molar-refractivity contribution < 1.29 is 14.0 Å². The van der Waals surface area contributed by atoms with Crippen LogP contribution in [-0.2, 0) is 23.1 Å². The number of nitrogens with zero attached hydrogens (tertiary/aromatic N) is 5. The van der Waals surface area contributed by atoms with E-state index in [4.69, 9.17) is 5.73 Å². The number of primary amides is 1. The summed E-state index contributed by atoms with van der Waals surface area (Å²) in [6.07, 6.45) is 3.84. The van der Waals surface area contributed by atoms with Gasteiger partial charge in [-0.3, -0.25) is 19.3 Å². The molecule has 0 aliphatic carbocycles. The molecule has 1 aromatic heterocycles. The molecule has 2 amide bonds. The van der Waals surface area contributed by atoms with Crippen LogP contribution in [0.1, 0.15) is 12.5 Å². The molecule has 1 aliphatic rings. The summed E-state index contributed by atoms with van der Waals surface area (Å²) in [7, 11) is 1.81. The fraction of sp³-hybridized carbons (Fsp3) is 0.429. The molecule has 0 radical (unpaired) electrons. The smallest absolute Gasteiger partial charge is 0.246 e. The summed E-state index contributed by atoms with van der Waals surface area (Å²) in [5.74, 6) is -0.829. The Kier molecular flexibility index (Phi) is 7.22. The molecular weight excluding hydrogens is 401 g/mol. The van der Waals surface area contributed by atoms with Gasteiger partial charge in [-0.1, -0.05) is 12.1 Å². The Morgan fingerprint density at radius 3 is 2.65 bits per heavy atom. The number of carbonyl (C=O) groups is 2. The normalized spacial score (nSPS) is 15.8. The van der Waals surface area contributed by atoms with E-state index in [1.54, 1.807) is 41.2 Å². The number of aliphatic imine (C=N–C) groups is 1. The first-order valence-corrected chi connectivity index (χ1v) is 10.2. The lowest BCUT2D eigenvalue weighted by Gasteiger charge is -2.35. The van der Waals surface area contributed by atoms with Gasteiger partial charge in [-0.05, 0) is 31.0 Å². The highest BCUT2D eigenvalue weighted by atomic mass is 19.1. The average molecular weight is 430 g/mol. The number of guanidine groups is 1. The summed E-state index contributed by atoms with van der Waals surface area (Å²) in [4.78, 5) is 32.8. The Labute approximate surface area is 180 Å². The minimum Gasteiger partial charge on any atom is -0.369 e. The summed E-state index contributed by atoms with van der Waals surface area (Å²) >= 11 is 0. The Hall–Kier alpha value is -3.43. The Bertz CT molecular complexity index is 941. The number of carbonyl (C=O) groups excluding carboxylic acids is 2. The molecule has 166 valence electrons. The minimum atomic E-state index is -0.536. The number of halogens is 1. The number of aryl methyl sites for hydroxylation is 1. The molecule has 0 spiro atoms. The fourth-order valence-corrected chi connectivity index (χ4v) is 3.46. The molecule has 2 heterocycles. The minimum absolute atomic E-state index is 0.0531. The van der Waals surface area contributed by atoms with Crippen LogP contribution in [0, 0.1) is 11.7 Å². The van der Waals surface area contributed by atoms with Crippen LogP contribution in [-0.4, -0.2) is 65.2 Å². The average Bonchev–Trinajstić information content (AvgIpc) is 3.17. The number of hydrogen-bond acceptors (Lipinski definition) is 4. The van der Waals surface area contributed by atoms with E-state index < -0.39 is 11.8 Å². The van der Waals surface area contributed by atoms with Gasteiger partial charge in [0.05, 0.1) is 24.3 Å². The molecule has 0 bridgehead atoms. The number of rotatable bonds is 7. The molecule has 2 aromatic rings.